The van der Waals surface area contributed by atoms with E-state index in [1.165, 1.54) is 11.8 Å². The second-order valence-electron chi connectivity index (χ2n) is 6.16. The van der Waals surface area contributed by atoms with Crippen LogP contribution in [0, 0.1) is 12.3 Å². The third-order valence-corrected chi connectivity index (χ3v) is 5.30. The molecule has 1 saturated heterocycles. The van der Waals surface area contributed by atoms with Gasteiger partial charge in [-0.1, -0.05) is 12.0 Å². The summed E-state index contributed by atoms with van der Waals surface area (Å²) in [7, 11) is 3.17. The average molecular weight is 423 g/mol. The number of methoxy groups -OCH3 is 2. The molecule has 0 atom stereocenters. The molecule has 0 bridgehead atoms. The van der Waals surface area contributed by atoms with Gasteiger partial charge in [-0.15, -0.1) is 6.42 Å². The third-order valence-electron chi connectivity index (χ3n) is 4.30. The standard InChI is InChI=1S/C23H22N2O4S/c1-5-13-29-19-12-7-16(14-20(19)28-4)15-21-22(26)25(6-2)23(30-21)24-17-8-10-18(27-3)11-9-17/h1,7-12,14-15H,6,13H2,2-4H3/b21-15+,24-23?. The van der Waals surface area contributed by atoms with Gasteiger partial charge in [-0.2, -0.15) is 0 Å². The zero-order valence-corrected chi connectivity index (χ0v) is 17.9. The number of carbonyl (C=O) groups is 1. The fourth-order valence-electron chi connectivity index (χ4n) is 2.80. The molecule has 0 unspecified atom stereocenters. The average Bonchev–Trinajstić information content (AvgIpc) is 3.06. The van der Waals surface area contributed by atoms with Crippen molar-refractivity contribution in [2.75, 3.05) is 27.4 Å². The largest absolute Gasteiger partial charge is 0.497 e. The van der Waals surface area contributed by atoms with Crippen LogP contribution in [-0.4, -0.2) is 43.3 Å². The van der Waals surface area contributed by atoms with Crippen molar-refractivity contribution in [3.8, 4) is 29.6 Å². The van der Waals surface area contributed by atoms with Crippen molar-refractivity contribution in [2.45, 2.75) is 6.92 Å². The van der Waals surface area contributed by atoms with Crippen molar-refractivity contribution < 1.29 is 19.0 Å². The molecular formula is C23H22N2O4S. The Balaban J connectivity index is 1.87. The zero-order chi connectivity index (χ0) is 21.5. The van der Waals surface area contributed by atoms with Crippen LogP contribution in [0.1, 0.15) is 12.5 Å². The molecule has 0 saturated carbocycles. The van der Waals surface area contributed by atoms with Crippen molar-refractivity contribution >= 4 is 34.6 Å². The topological polar surface area (TPSA) is 60.4 Å². The Kier molecular flexibility index (Phi) is 7.04. The van der Waals surface area contributed by atoms with Crippen molar-refractivity contribution in [1.29, 1.82) is 0 Å². The molecule has 0 aliphatic carbocycles. The summed E-state index contributed by atoms with van der Waals surface area (Å²) in [5.74, 6) is 4.20. The van der Waals surface area contributed by atoms with E-state index in [1.54, 1.807) is 25.2 Å². The Morgan fingerprint density at radius 3 is 2.53 bits per heavy atom. The molecule has 0 aromatic heterocycles. The van der Waals surface area contributed by atoms with E-state index in [0.717, 1.165) is 17.0 Å². The minimum absolute atomic E-state index is 0.0820. The Bertz CT molecular complexity index is 1020. The van der Waals surface area contributed by atoms with Gasteiger partial charge < -0.3 is 14.2 Å². The summed E-state index contributed by atoms with van der Waals surface area (Å²) in [6, 6.07) is 12.8. The molecule has 1 aliphatic rings. The van der Waals surface area contributed by atoms with Crippen LogP contribution < -0.4 is 14.2 Å². The van der Waals surface area contributed by atoms with E-state index in [-0.39, 0.29) is 12.5 Å². The van der Waals surface area contributed by atoms with Crippen LogP contribution in [0.4, 0.5) is 5.69 Å². The summed E-state index contributed by atoms with van der Waals surface area (Å²) >= 11 is 1.34. The van der Waals surface area contributed by atoms with Gasteiger partial charge in [0.15, 0.2) is 16.7 Å². The fourth-order valence-corrected chi connectivity index (χ4v) is 3.86. The molecule has 1 amide bonds. The molecule has 1 heterocycles. The van der Waals surface area contributed by atoms with Gasteiger partial charge in [0.1, 0.15) is 12.4 Å². The number of terminal acetylenes is 1. The van der Waals surface area contributed by atoms with E-state index in [1.807, 2.05) is 49.4 Å². The van der Waals surface area contributed by atoms with Gasteiger partial charge in [-0.05, 0) is 66.7 Å². The minimum Gasteiger partial charge on any atom is -0.497 e. The molecule has 6 nitrogen and oxygen atoms in total. The summed E-state index contributed by atoms with van der Waals surface area (Å²) in [6.07, 6.45) is 7.06. The maximum atomic E-state index is 12.9. The molecule has 1 fully saturated rings. The van der Waals surface area contributed by atoms with Gasteiger partial charge in [0, 0.05) is 6.54 Å². The van der Waals surface area contributed by atoms with Crippen LogP contribution in [-0.2, 0) is 4.79 Å². The molecule has 2 aromatic rings. The summed E-state index contributed by atoms with van der Waals surface area (Å²) in [4.78, 5) is 19.7. The van der Waals surface area contributed by atoms with E-state index < -0.39 is 0 Å². The number of hydrogen-bond donors (Lipinski definition) is 0. The third kappa shape index (κ3) is 4.78. The number of carbonyl (C=O) groups excluding carboxylic acids is 1. The van der Waals surface area contributed by atoms with Crippen molar-refractivity contribution in [1.82, 2.24) is 4.90 Å². The molecule has 30 heavy (non-hydrogen) atoms. The first-order valence-corrected chi connectivity index (χ1v) is 10.1. The van der Waals surface area contributed by atoms with Gasteiger partial charge >= 0.3 is 0 Å². The van der Waals surface area contributed by atoms with Crippen molar-refractivity contribution in [3.05, 3.63) is 52.9 Å². The predicted octanol–water partition coefficient (Wildman–Crippen LogP) is 4.34. The number of aliphatic imine (C=N–C) groups is 1. The SMILES string of the molecule is C#CCOc1ccc(/C=C2/SC(=Nc3ccc(OC)cc3)N(CC)C2=O)cc1OC. The lowest BCUT2D eigenvalue weighted by atomic mass is 10.2. The molecule has 1 aliphatic heterocycles. The number of likely N-dealkylation sites (N-methyl/N-ethyl adjacent to an activating group) is 1. The van der Waals surface area contributed by atoms with Crippen LogP contribution in [0.5, 0.6) is 17.2 Å². The highest BCUT2D eigenvalue weighted by Gasteiger charge is 2.32. The highest BCUT2D eigenvalue weighted by molar-refractivity contribution is 8.18. The van der Waals surface area contributed by atoms with Gasteiger partial charge in [0.2, 0.25) is 0 Å². The van der Waals surface area contributed by atoms with Gasteiger partial charge in [-0.25, -0.2) is 4.99 Å². The summed E-state index contributed by atoms with van der Waals surface area (Å²) in [5.41, 5.74) is 1.57. The molecule has 7 heteroatoms. The van der Waals surface area contributed by atoms with E-state index in [9.17, 15) is 4.79 Å². The molecular weight excluding hydrogens is 400 g/mol. The molecule has 2 aromatic carbocycles. The number of hydrogen-bond acceptors (Lipinski definition) is 6. The molecule has 154 valence electrons. The first kappa shape index (κ1) is 21.3. The predicted molar refractivity (Wildman–Crippen MR) is 120 cm³/mol. The van der Waals surface area contributed by atoms with E-state index in [2.05, 4.69) is 10.9 Å². The molecule has 0 radical (unpaired) electrons. The number of ether oxygens (including phenoxy) is 3. The second kappa shape index (κ2) is 9.90. The Labute approximate surface area is 180 Å². The lowest BCUT2D eigenvalue weighted by Gasteiger charge is -2.12. The van der Waals surface area contributed by atoms with Gasteiger partial charge in [0.25, 0.3) is 5.91 Å². The van der Waals surface area contributed by atoms with Crippen LogP contribution in [0.25, 0.3) is 6.08 Å². The van der Waals surface area contributed by atoms with Crippen LogP contribution in [0.3, 0.4) is 0 Å². The minimum atomic E-state index is -0.0820. The quantitative estimate of drug-likeness (QED) is 0.491. The number of benzene rings is 2. The summed E-state index contributed by atoms with van der Waals surface area (Å²) in [6.45, 7) is 2.60. The van der Waals surface area contributed by atoms with Crippen LogP contribution in [0.15, 0.2) is 52.4 Å². The number of nitrogens with zero attached hydrogens (tertiary/aromatic N) is 2. The maximum absolute atomic E-state index is 12.9. The monoisotopic (exact) mass is 422 g/mol. The zero-order valence-electron chi connectivity index (χ0n) is 17.0. The summed E-state index contributed by atoms with van der Waals surface area (Å²) < 4.78 is 16.0. The number of thioether (sulfide) groups is 1. The Morgan fingerprint density at radius 1 is 1.13 bits per heavy atom. The normalized spacial score (nSPS) is 16.1. The molecule has 3 rings (SSSR count). The second-order valence-corrected chi connectivity index (χ2v) is 7.16. The Morgan fingerprint density at radius 2 is 1.90 bits per heavy atom. The maximum Gasteiger partial charge on any atom is 0.266 e. The van der Waals surface area contributed by atoms with Crippen LogP contribution in [0.2, 0.25) is 0 Å². The smallest absolute Gasteiger partial charge is 0.266 e. The Hall–Kier alpha value is -3.37. The molecule has 0 N–H and O–H groups in total. The van der Waals surface area contributed by atoms with E-state index in [4.69, 9.17) is 20.6 Å². The van der Waals surface area contributed by atoms with Crippen LogP contribution >= 0.6 is 11.8 Å². The number of amides is 1. The molecule has 0 spiro atoms. The number of amidine groups is 1. The summed E-state index contributed by atoms with van der Waals surface area (Å²) in [5, 5.41) is 0.639. The lowest BCUT2D eigenvalue weighted by Crippen LogP contribution is -2.28. The lowest BCUT2D eigenvalue weighted by molar-refractivity contribution is -0.122. The fraction of sp³-hybridized carbons (Fsp3) is 0.217. The van der Waals surface area contributed by atoms with Gasteiger partial charge in [-0.3, -0.25) is 9.69 Å². The van der Waals surface area contributed by atoms with E-state index in [0.29, 0.717) is 28.1 Å². The highest BCUT2D eigenvalue weighted by Crippen LogP contribution is 2.36. The van der Waals surface area contributed by atoms with Crippen molar-refractivity contribution in [3.63, 3.8) is 0 Å². The van der Waals surface area contributed by atoms with E-state index >= 15 is 0 Å². The van der Waals surface area contributed by atoms with Gasteiger partial charge in [0.05, 0.1) is 24.8 Å². The first-order chi connectivity index (χ1) is 14.6. The highest BCUT2D eigenvalue weighted by atomic mass is 32.2. The number of rotatable bonds is 7. The van der Waals surface area contributed by atoms with Crippen molar-refractivity contribution in [2.24, 2.45) is 4.99 Å². The first-order valence-electron chi connectivity index (χ1n) is 9.28.